The first kappa shape index (κ1) is 23.2. The second kappa shape index (κ2) is 8.95. The highest BCUT2D eigenvalue weighted by atomic mass is 32.2. The molecule has 0 unspecified atom stereocenters. The van der Waals surface area contributed by atoms with E-state index in [1.807, 2.05) is 0 Å². The maximum atomic E-state index is 13.0. The van der Waals surface area contributed by atoms with Gasteiger partial charge in [0.15, 0.2) is 17.3 Å². The van der Waals surface area contributed by atoms with Gasteiger partial charge in [-0.3, -0.25) is 23.5 Å². The summed E-state index contributed by atoms with van der Waals surface area (Å²) in [6.07, 6.45) is 0. The summed E-state index contributed by atoms with van der Waals surface area (Å²) in [7, 11) is 7.42. The van der Waals surface area contributed by atoms with Gasteiger partial charge in [-0.1, -0.05) is 23.9 Å². The average molecular weight is 458 g/mol. The van der Waals surface area contributed by atoms with Crippen LogP contribution in [0.1, 0.15) is 6.92 Å². The topological polar surface area (TPSA) is 116 Å². The van der Waals surface area contributed by atoms with Gasteiger partial charge in [0.2, 0.25) is 5.91 Å². The van der Waals surface area contributed by atoms with Crippen molar-refractivity contribution in [2.24, 2.45) is 14.1 Å². The van der Waals surface area contributed by atoms with E-state index in [0.717, 1.165) is 16.3 Å². The molecule has 32 heavy (non-hydrogen) atoms. The number of aromatic nitrogens is 4. The zero-order chi connectivity index (χ0) is 23.7. The number of thioether (sulfide) groups is 1. The Balaban J connectivity index is 2.39. The Kier molecular flexibility index (Phi) is 6.49. The molecular formula is C21H23N5O5S. The maximum Gasteiger partial charge on any atom is 0.332 e. The van der Waals surface area contributed by atoms with Crippen LogP contribution in [0.5, 0.6) is 5.75 Å². The summed E-state index contributed by atoms with van der Waals surface area (Å²) in [5.74, 6) is -0.139. The van der Waals surface area contributed by atoms with Crippen LogP contribution in [0.4, 0.5) is 0 Å². The largest absolute Gasteiger partial charge is 0.496 e. The number of fused-ring (bicyclic) bond motifs is 1. The molecule has 0 aliphatic heterocycles. The summed E-state index contributed by atoms with van der Waals surface area (Å²) >= 11 is 0.861. The number of nitrogens with zero attached hydrogens (tertiary/aromatic N) is 5. The number of methoxy groups -OCH3 is 1. The minimum atomic E-state index is -1.12. The van der Waals surface area contributed by atoms with Crippen molar-refractivity contribution in [2.75, 3.05) is 21.2 Å². The molecule has 0 saturated carbocycles. The number of amides is 1. The summed E-state index contributed by atoms with van der Waals surface area (Å²) in [4.78, 5) is 60.8. The number of rotatable bonds is 6. The molecule has 1 atom stereocenters. The minimum Gasteiger partial charge on any atom is -0.496 e. The molecule has 0 N–H and O–H groups in total. The number of benzene rings is 1. The highest BCUT2D eigenvalue weighted by Gasteiger charge is 2.29. The van der Waals surface area contributed by atoms with Crippen LogP contribution >= 0.6 is 11.8 Å². The first-order valence-electron chi connectivity index (χ1n) is 9.57. The fourth-order valence-corrected chi connectivity index (χ4v) is 4.25. The molecule has 10 nitrogen and oxygen atoms in total. The number of ether oxygens (including phenoxy) is 1. The standard InChI is InChI=1S/C21H23N5O5S/c1-11(27)15(20(29)24(2)3)32-18-14-17(25(4)21(30)26(5)19(14)28)22-16(23-18)12-9-7-8-10-13(12)31-6/h7-10,15H,1-6H3/t15-/m0/s1. The molecule has 0 fully saturated rings. The second-order valence-corrected chi connectivity index (χ2v) is 8.39. The highest BCUT2D eigenvalue weighted by Crippen LogP contribution is 2.33. The molecule has 0 aliphatic carbocycles. The Bertz CT molecular complexity index is 1340. The summed E-state index contributed by atoms with van der Waals surface area (Å²) in [6, 6.07) is 7.02. The third kappa shape index (κ3) is 4.03. The molecule has 3 rings (SSSR count). The van der Waals surface area contributed by atoms with Gasteiger partial charge in [0.1, 0.15) is 21.4 Å². The Morgan fingerprint density at radius 1 is 1.09 bits per heavy atom. The molecule has 0 aliphatic rings. The number of para-hydroxylation sites is 1. The molecule has 1 amide bonds. The van der Waals surface area contributed by atoms with E-state index < -0.39 is 22.4 Å². The van der Waals surface area contributed by atoms with Gasteiger partial charge in [-0.15, -0.1) is 0 Å². The number of hydrogen-bond donors (Lipinski definition) is 0. The Hall–Kier alpha value is -3.47. The van der Waals surface area contributed by atoms with Crippen molar-refractivity contribution in [2.45, 2.75) is 17.2 Å². The fraction of sp³-hybridized carbons (Fsp3) is 0.333. The van der Waals surface area contributed by atoms with E-state index >= 15 is 0 Å². The van der Waals surface area contributed by atoms with Crippen LogP contribution in [0, 0.1) is 0 Å². The summed E-state index contributed by atoms with van der Waals surface area (Å²) in [6.45, 7) is 1.30. The van der Waals surface area contributed by atoms with Crippen LogP contribution in [0.2, 0.25) is 0 Å². The van der Waals surface area contributed by atoms with Gasteiger partial charge in [0.05, 0.1) is 12.7 Å². The fourth-order valence-electron chi connectivity index (χ4n) is 3.12. The molecule has 0 radical (unpaired) electrons. The van der Waals surface area contributed by atoms with Crippen molar-refractivity contribution < 1.29 is 14.3 Å². The predicted octanol–water partition coefficient (Wildman–Crippen LogP) is 0.841. The Morgan fingerprint density at radius 3 is 2.34 bits per heavy atom. The predicted molar refractivity (Wildman–Crippen MR) is 121 cm³/mol. The summed E-state index contributed by atoms with van der Waals surface area (Å²) < 4.78 is 7.58. The first-order valence-corrected chi connectivity index (χ1v) is 10.5. The molecule has 2 heterocycles. The number of ketones is 1. The number of hydrogen-bond acceptors (Lipinski definition) is 8. The van der Waals surface area contributed by atoms with E-state index in [9.17, 15) is 19.2 Å². The number of carbonyl (C=O) groups is 2. The molecule has 1 aromatic carbocycles. The highest BCUT2D eigenvalue weighted by molar-refractivity contribution is 8.01. The average Bonchev–Trinajstić information content (AvgIpc) is 2.78. The van der Waals surface area contributed by atoms with E-state index in [4.69, 9.17) is 4.74 Å². The van der Waals surface area contributed by atoms with E-state index in [1.165, 1.54) is 37.6 Å². The third-order valence-electron chi connectivity index (χ3n) is 4.88. The monoisotopic (exact) mass is 457 g/mol. The van der Waals surface area contributed by atoms with Crippen LogP contribution in [0.3, 0.4) is 0 Å². The minimum absolute atomic E-state index is 0.0519. The Morgan fingerprint density at radius 2 is 1.75 bits per heavy atom. The smallest absolute Gasteiger partial charge is 0.332 e. The number of Topliss-reactive ketones (excluding diaryl/α,β-unsaturated/α-hetero) is 1. The lowest BCUT2D eigenvalue weighted by Gasteiger charge is -2.19. The molecule has 2 aromatic heterocycles. The SMILES string of the molecule is COc1ccccc1-c1nc(S[C@@H](C(C)=O)C(=O)N(C)C)c2c(=O)n(C)c(=O)n(C)c2n1. The number of carbonyl (C=O) groups excluding carboxylic acids is 2. The zero-order valence-corrected chi connectivity index (χ0v) is 19.4. The van der Waals surface area contributed by atoms with Crippen LogP contribution in [-0.2, 0) is 23.7 Å². The van der Waals surface area contributed by atoms with E-state index in [-0.39, 0.29) is 27.7 Å². The van der Waals surface area contributed by atoms with Crippen molar-refractivity contribution in [1.82, 2.24) is 24.0 Å². The van der Waals surface area contributed by atoms with Gasteiger partial charge in [-0.2, -0.15) is 0 Å². The van der Waals surface area contributed by atoms with Crippen molar-refractivity contribution in [3.8, 4) is 17.1 Å². The van der Waals surface area contributed by atoms with Gasteiger partial charge in [0.25, 0.3) is 5.56 Å². The lowest BCUT2D eigenvalue weighted by molar-refractivity contribution is -0.132. The van der Waals surface area contributed by atoms with Gasteiger partial charge in [-0.25, -0.2) is 14.8 Å². The molecule has 0 spiro atoms. The van der Waals surface area contributed by atoms with E-state index in [2.05, 4.69) is 9.97 Å². The van der Waals surface area contributed by atoms with Gasteiger partial charge in [-0.05, 0) is 19.1 Å². The lowest BCUT2D eigenvalue weighted by atomic mass is 10.2. The molecule has 11 heteroatoms. The maximum absolute atomic E-state index is 13.0. The molecule has 0 saturated heterocycles. The van der Waals surface area contributed by atoms with Crippen molar-refractivity contribution in [3.05, 3.63) is 45.1 Å². The van der Waals surface area contributed by atoms with Crippen LogP contribution in [0.15, 0.2) is 38.9 Å². The normalized spacial score (nSPS) is 11.9. The second-order valence-electron chi connectivity index (χ2n) is 7.30. The molecule has 168 valence electrons. The molecule has 3 aromatic rings. The van der Waals surface area contributed by atoms with Crippen molar-refractivity contribution >= 4 is 34.5 Å². The van der Waals surface area contributed by atoms with E-state index in [1.54, 1.807) is 38.4 Å². The molecular weight excluding hydrogens is 434 g/mol. The molecule has 0 bridgehead atoms. The van der Waals surface area contributed by atoms with Gasteiger partial charge < -0.3 is 9.64 Å². The first-order chi connectivity index (χ1) is 15.1. The lowest BCUT2D eigenvalue weighted by Crippen LogP contribution is -2.38. The zero-order valence-electron chi connectivity index (χ0n) is 18.6. The van der Waals surface area contributed by atoms with Gasteiger partial charge >= 0.3 is 5.69 Å². The summed E-state index contributed by atoms with van der Waals surface area (Å²) in [5.41, 5.74) is -0.548. The summed E-state index contributed by atoms with van der Waals surface area (Å²) in [5, 5.41) is -0.936. The van der Waals surface area contributed by atoms with Crippen LogP contribution in [-0.4, -0.2) is 62.1 Å². The number of aryl methyl sites for hydroxylation is 1. The third-order valence-corrected chi connectivity index (χ3v) is 6.17. The van der Waals surface area contributed by atoms with Crippen molar-refractivity contribution in [3.63, 3.8) is 0 Å². The van der Waals surface area contributed by atoms with Crippen LogP contribution in [0.25, 0.3) is 22.4 Å². The van der Waals surface area contributed by atoms with Gasteiger partial charge in [0, 0.05) is 28.2 Å². The van der Waals surface area contributed by atoms with E-state index in [0.29, 0.717) is 11.3 Å². The van der Waals surface area contributed by atoms with Crippen molar-refractivity contribution in [1.29, 1.82) is 0 Å². The Labute approximate surface area is 187 Å². The van der Waals surface area contributed by atoms with Crippen LogP contribution < -0.4 is 16.0 Å². The quantitative estimate of drug-likeness (QED) is 0.304.